The average Bonchev–Trinajstić information content (AvgIpc) is 2.43. The van der Waals surface area contributed by atoms with Crippen LogP contribution in [0.2, 0.25) is 10.0 Å². The van der Waals surface area contributed by atoms with E-state index < -0.39 is 10.8 Å². The fourth-order valence-corrected chi connectivity index (χ4v) is 2.03. The van der Waals surface area contributed by atoms with Crippen molar-refractivity contribution in [3.63, 3.8) is 0 Å². The summed E-state index contributed by atoms with van der Waals surface area (Å²) >= 11 is 11.7. The summed E-state index contributed by atoms with van der Waals surface area (Å²) in [4.78, 5) is 22.3. The summed E-state index contributed by atoms with van der Waals surface area (Å²) in [6.45, 7) is 1.83. The average molecular weight is 325 g/mol. The Balaban J connectivity index is 2.25. The van der Waals surface area contributed by atoms with Crippen LogP contribution in [0.1, 0.15) is 15.9 Å². The van der Waals surface area contributed by atoms with E-state index in [1.807, 2.05) is 6.92 Å². The van der Waals surface area contributed by atoms with Gasteiger partial charge in [-0.1, -0.05) is 29.3 Å². The molecule has 108 valence electrons. The number of nitro benzene ring substituents is 1. The standard InChI is InChI=1S/C14H10Cl2N2O3/c1-8-2-3-9(6-12(8)16)14(19)17-10-4-5-11(15)13(7-10)18(20)21/h2-7H,1H3,(H,17,19). The molecule has 7 heteroatoms. The third-order valence-corrected chi connectivity index (χ3v) is 3.56. The van der Waals surface area contributed by atoms with Crippen LogP contribution in [0.15, 0.2) is 36.4 Å². The van der Waals surface area contributed by atoms with E-state index in [-0.39, 0.29) is 16.4 Å². The molecule has 21 heavy (non-hydrogen) atoms. The number of amides is 1. The van der Waals surface area contributed by atoms with E-state index in [9.17, 15) is 14.9 Å². The molecule has 0 heterocycles. The van der Waals surface area contributed by atoms with Gasteiger partial charge in [-0.25, -0.2) is 0 Å². The molecule has 0 aromatic heterocycles. The fraction of sp³-hybridized carbons (Fsp3) is 0.0714. The number of aryl methyl sites for hydroxylation is 1. The predicted molar refractivity (Wildman–Crippen MR) is 82.2 cm³/mol. The maximum Gasteiger partial charge on any atom is 0.289 e. The number of nitrogens with zero attached hydrogens (tertiary/aromatic N) is 1. The molecule has 5 nitrogen and oxygen atoms in total. The summed E-state index contributed by atoms with van der Waals surface area (Å²) in [6, 6.07) is 8.94. The highest BCUT2D eigenvalue weighted by molar-refractivity contribution is 6.33. The molecule has 2 aromatic rings. The third-order valence-electron chi connectivity index (χ3n) is 2.83. The molecule has 0 aliphatic carbocycles. The maximum absolute atomic E-state index is 12.1. The topological polar surface area (TPSA) is 72.2 Å². The highest BCUT2D eigenvalue weighted by atomic mass is 35.5. The number of hydrogen-bond acceptors (Lipinski definition) is 3. The van der Waals surface area contributed by atoms with Crippen molar-refractivity contribution in [2.24, 2.45) is 0 Å². The first kappa shape index (κ1) is 15.3. The van der Waals surface area contributed by atoms with Crippen molar-refractivity contribution >= 4 is 40.5 Å². The first-order valence-electron chi connectivity index (χ1n) is 5.90. The third kappa shape index (κ3) is 3.51. The lowest BCUT2D eigenvalue weighted by atomic mass is 10.1. The molecule has 0 aliphatic rings. The molecule has 0 unspecified atom stereocenters. The second kappa shape index (κ2) is 6.11. The Bertz CT molecular complexity index is 732. The zero-order valence-corrected chi connectivity index (χ0v) is 12.4. The first-order valence-corrected chi connectivity index (χ1v) is 6.65. The van der Waals surface area contributed by atoms with E-state index in [0.717, 1.165) is 5.56 Å². The molecule has 0 saturated heterocycles. The summed E-state index contributed by atoms with van der Waals surface area (Å²) in [7, 11) is 0. The van der Waals surface area contributed by atoms with E-state index in [1.165, 1.54) is 24.3 Å². The number of halogens is 2. The second-order valence-electron chi connectivity index (χ2n) is 4.34. The number of carbonyl (C=O) groups excluding carboxylic acids is 1. The molecule has 0 bridgehead atoms. The highest BCUT2D eigenvalue weighted by Gasteiger charge is 2.14. The minimum absolute atomic E-state index is 0.0105. The Labute approximate surface area is 130 Å². The van der Waals surface area contributed by atoms with Crippen molar-refractivity contribution in [2.45, 2.75) is 6.92 Å². The second-order valence-corrected chi connectivity index (χ2v) is 5.16. The van der Waals surface area contributed by atoms with Gasteiger partial charge in [-0.15, -0.1) is 0 Å². The fourth-order valence-electron chi connectivity index (χ4n) is 1.67. The summed E-state index contributed by atoms with van der Waals surface area (Å²) < 4.78 is 0. The molecule has 0 fully saturated rings. The monoisotopic (exact) mass is 324 g/mol. The van der Waals surface area contributed by atoms with Crippen LogP contribution in [0.4, 0.5) is 11.4 Å². The van der Waals surface area contributed by atoms with Gasteiger partial charge in [0.2, 0.25) is 0 Å². The normalized spacial score (nSPS) is 10.2. The lowest BCUT2D eigenvalue weighted by molar-refractivity contribution is -0.384. The van der Waals surface area contributed by atoms with E-state index >= 15 is 0 Å². The van der Waals surface area contributed by atoms with Crippen LogP contribution < -0.4 is 5.32 Å². The summed E-state index contributed by atoms with van der Waals surface area (Å²) in [5, 5.41) is 13.9. The van der Waals surface area contributed by atoms with Gasteiger partial charge >= 0.3 is 0 Å². The largest absolute Gasteiger partial charge is 0.322 e. The van der Waals surface area contributed by atoms with Gasteiger partial charge in [0, 0.05) is 22.3 Å². The molecule has 0 saturated carbocycles. The van der Waals surface area contributed by atoms with E-state index in [4.69, 9.17) is 23.2 Å². The quantitative estimate of drug-likeness (QED) is 0.669. The van der Waals surface area contributed by atoms with Gasteiger partial charge in [0.1, 0.15) is 5.02 Å². The highest BCUT2D eigenvalue weighted by Crippen LogP contribution is 2.27. The Morgan fingerprint density at radius 3 is 2.48 bits per heavy atom. The Hall–Kier alpha value is -2.11. The number of rotatable bonds is 3. The SMILES string of the molecule is Cc1ccc(C(=O)Nc2ccc(Cl)c([N+](=O)[O-])c2)cc1Cl. The van der Waals surface area contributed by atoms with Gasteiger partial charge in [0.05, 0.1) is 4.92 Å². The number of nitrogens with one attached hydrogen (secondary N) is 1. The molecular weight excluding hydrogens is 315 g/mol. The smallest absolute Gasteiger partial charge is 0.289 e. The van der Waals surface area contributed by atoms with Crippen molar-refractivity contribution in [1.29, 1.82) is 0 Å². The van der Waals surface area contributed by atoms with Gasteiger partial charge in [0.25, 0.3) is 11.6 Å². The first-order chi connectivity index (χ1) is 9.88. The van der Waals surface area contributed by atoms with Crippen molar-refractivity contribution in [3.8, 4) is 0 Å². The molecule has 2 aromatic carbocycles. The zero-order chi connectivity index (χ0) is 15.6. The van der Waals surface area contributed by atoms with Crippen molar-refractivity contribution in [3.05, 3.63) is 67.7 Å². The summed E-state index contributed by atoms with van der Waals surface area (Å²) in [6.07, 6.45) is 0. The zero-order valence-electron chi connectivity index (χ0n) is 10.9. The lowest BCUT2D eigenvalue weighted by Gasteiger charge is -2.07. The van der Waals surface area contributed by atoms with E-state index in [2.05, 4.69) is 5.32 Å². The molecule has 2 rings (SSSR count). The number of carbonyl (C=O) groups is 1. The van der Waals surface area contributed by atoms with Gasteiger partial charge in [0.15, 0.2) is 0 Å². The minimum Gasteiger partial charge on any atom is -0.322 e. The van der Waals surface area contributed by atoms with Crippen LogP contribution in [-0.2, 0) is 0 Å². The Morgan fingerprint density at radius 1 is 1.14 bits per heavy atom. The van der Waals surface area contributed by atoms with Crippen LogP contribution >= 0.6 is 23.2 Å². The number of anilines is 1. The molecular formula is C14H10Cl2N2O3. The Kier molecular flexibility index (Phi) is 4.45. The molecule has 0 atom stereocenters. The molecule has 0 spiro atoms. The van der Waals surface area contributed by atoms with Gasteiger partial charge in [-0.2, -0.15) is 0 Å². The lowest BCUT2D eigenvalue weighted by Crippen LogP contribution is -2.12. The molecule has 1 N–H and O–H groups in total. The number of hydrogen-bond donors (Lipinski definition) is 1. The number of benzene rings is 2. The van der Waals surface area contributed by atoms with Crippen LogP contribution in [0.5, 0.6) is 0 Å². The van der Waals surface area contributed by atoms with E-state index in [1.54, 1.807) is 12.1 Å². The van der Waals surface area contributed by atoms with E-state index in [0.29, 0.717) is 10.6 Å². The van der Waals surface area contributed by atoms with Crippen molar-refractivity contribution in [1.82, 2.24) is 0 Å². The van der Waals surface area contributed by atoms with Crippen molar-refractivity contribution < 1.29 is 9.72 Å². The summed E-state index contributed by atoms with van der Waals surface area (Å²) in [5.41, 5.74) is 1.24. The van der Waals surface area contributed by atoms with Gasteiger partial charge < -0.3 is 5.32 Å². The van der Waals surface area contributed by atoms with Gasteiger partial charge in [-0.3, -0.25) is 14.9 Å². The van der Waals surface area contributed by atoms with Crippen molar-refractivity contribution in [2.75, 3.05) is 5.32 Å². The summed E-state index contributed by atoms with van der Waals surface area (Å²) in [5.74, 6) is -0.409. The van der Waals surface area contributed by atoms with Crippen LogP contribution in [0, 0.1) is 17.0 Å². The molecule has 1 amide bonds. The molecule has 0 aliphatic heterocycles. The molecule has 0 radical (unpaired) electrons. The van der Waals surface area contributed by atoms with Gasteiger partial charge in [-0.05, 0) is 36.8 Å². The Morgan fingerprint density at radius 2 is 1.86 bits per heavy atom. The van der Waals surface area contributed by atoms with Crippen LogP contribution in [-0.4, -0.2) is 10.8 Å². The number of nitro groups is 1. The minimum atomic E-state index is -0.610. The van der Waals surface area contributed by atoms with Crippen LogP contribution in [0.25, 0.3) is 0 Å². The maximum atomic E-state index is 12.1. The predicted octanol–water partition coefficient (Wildman–Crippen LogP) is 4.46. The van der Waals surface area contributed by atoms with Crippen LogP contribution in [0.3, 0.4) is 0 Å².